The Bertz CT molecular complexity index is 1070. The maximum Gasteiger partial charge on any atom is 0.261 e. The van der Waals surface area contributed by atoms with Crippen LogP contribution in [0.5, 0.6) is 0 Å². The third-order valence-electron chi connectivity index (χ3n) is 3.62. The van der Waals surface area contributed by atoms with Crippen molar-refractivity contribution in [3.05, 3.63) is 88.4 Å². The molecule has 2 N–H and O–H groups in total. The lowest BCUT2D eigenvalue weighted by Crippen LogP contribution is -2.15. The van der Waals surface area contributed by atoms with E-state index < -0.39 is 15.9 Å². The molecule has 1 amide bonds. The number of anilines is 2. The molecule has 0 saturated carbocycles. The van der Waals surface area contributed by atoms with Crippen molar-refractivity contribution in [2.75, 3.05) is 10.0 Å². The summed E-state index contributed by atoms with van der Waals surface area (Å²) in [5.74, 6) is -0.469. The van der Waals surface area contributed by atoms with E-state index in [1.165, 1.54) is 30.3 Å². The highest BCUT2D eigenvalue weighted by Crippen LogP contribution is 2.24. The van der Waals surface area contributed by atoms with Gasteiger partial charge in [-0.2, -0.15) is 0 Å². The van der Waals surface area contributed by atoms with Crippen LogP contribution in [-0.4, -0.2) is 14.3 Å². The average molecular weight is 421 g/mol. The Kier molecular flexibility index (Phi) is 5.70. The van der Waals surface area contributed by atoms with Crippen molar-refractivity contribution in [3.63, 3.8) is 0 Å². The highest BCUT2D eigenvalue weighted by Gasteiger charge is 2.16. The van der Waals surface area contributed by atoms with Gasteiger partial charge in [-0.3, -0.25) is 9.52 Å². The van der Waals surface area contributed by atoms with Crippen LogP contribution >= 0.6 is 23.2 Å². The molecule has 0 radical (unpaired) electrons. The monoisotopic (exact) mass is 420 g/mol. The number of nitrogens with one attached hydrogen (secondary N) is 2. The molecule has 0 spiro atoms. The van der Waals surface area contributed by atoms with Crippen LogP contribution in [0.15, 0.2) is 77.7 Å². The van der Waals surface area contributed by atoms with Gasteiger partial charge in [0.1, 0.15) is 0 Å². The summed E-state index contributed by atoms with van der Waals surface area (Å²) in [5, 5.41) is 3.43. The van der Waals surface area contributed by atoms with E-state index in [0.717, 1.165) is 0 Å². The van der Waals surface area contributed by atoms with Gasteiger partial charge >= 0.3 is 0 Å². The lowest BCUT2D eigenvalue weighted by Gasteiger charge is -2.11. The lowest BCUT2D eigenvalue weighted by molar-refractivity contribution is 0.102. The molecule has 0 aliphatic heterocycles. The molecule has 0 saturated heterocycles. The van der Waals surface area contributed by atoms with Crippen LogP contribution in [0.3, 0.4) is 0 Å². The molecule has 0 fully saturated rings. The Balaban J connectivity index is 1.84. The SMILES string of the molecule is O=C(Nc1ccc(Cl)cc1)c1cc(NS(=O)(=O)c2ccccc2)ccc1Cl. The molecule has 138 valence electrons. The zero-order valence-corrected chi connectivity index (χ0v) is 16.1. The molecule has 0 aliphatic carbocycles. The van der Waals surface area contributed by atoms with Crippen molar-refractivity contribution < 1.29 is 13.2 Å². The van der Waals surface area contributed by atoms with Gasteiger partial charge in [0.05, 0.1) is 15.5 Å². The molecule has 0 aliphatic rings. The van der Waals surface area contributed by atoms with E-state index in [4.69, 9.17) is 23.2 Å². The lowest BCUT2D eigenvalue weighted by atomic mass is 10.2. The van der Waals surface area contributed by atoms with Crippen molar-refractivity contribution in [2.45, 2.75) is 4.90 Å². The van der Waals surface area contributed by atoms with Crippen LogP contribution in [0, 0.1) is 0 Å². The molecule has 3 aromatic rings. The highest BCUT2D eigenvalue weighted by molar-refractivity contribution is 7.92. The fraction of sp³-hybridized carbons (Fsp3) is 0. The second-order valence-electron chi connectivity index (χ2n) is 5.57. The molecule has 27 heavy (non-hydrogen) atoms. The van der Waals surface area contributed by atoms with Crippen molar-refractivity contribution in [1.29, 1.82) is 0 Å². The summed E-state index contributed by atoms with van der Waals surface area (Å²) in [6, 6.07) is 18.8. The third-order valence-corrected chi connectivity index (χ3v) is 5.60. The predicted molar refractivity (Wildman–Crippen MR) is 108 cm³/mol. The van der Waals surface area contributed by atoms with Crippen LogP contribution < -0.4 is 10.0 Å². The Morgan fingerprint density at radius 2 is 1.44 bits per heavy atom. The van der Waals surface area contributed by atoms with Gasteiger partial charge < -0.3 is 5.32 Å². The number of carbonyl (C=O) groups excluding carboxylic acids is 1. The minimum atomic E-state index is -3.77. The van der Waals surface area contributed by atoms with E-state index in [9.17, 15) is 13.2 Å². The van der Waals surface area contributed by atoms with E-state index in [-0.39, 0.29) is 21.2 Å². The Morgan fingerprint density at radius 3 is 2.11 bits per heavy atom. The number of sulfonamides is 1. The van der Waals surface area contributed by atoms with Crippen LogP contribution in [0.4, 0.5) is 11.4 Å². The minimum absolute atomic E-state index is 0.118. The summed E-state index contributed by atoms with van der Waals surface area (Å²) >= 11 is 11.9. The molecular weight excluding hydrogens is 407 g/mol. The first-order chi connectivity index (χ1) is 12.8. The first-order valence-electron chi connectivity index (χ1n) is 7.79. The van der Waals surface area contributed by atoms with Crippen LogP contribution in [0.2, 0.25) is 10.0 Å². The van der Waals surface area contributed by atoms with Gasteiger partial charge in [-0.15, -0.1) is 0 Å². The number of carbonyl (C=O) groups is 1. The van der Waals surface area contributed by atoms with E-state index in [1.54, 1.807) is 42.5 Å². The first-order valence-corrected chi connectivity index (χ1v) is 10.0. The largest absolute Gasteiger partial charge is 0.322 e. The number of halogens is 2. The smallest absolute Gasteiger partial charge is 0.261 e. The molecule has 3 rings (SSSR count). The third kappa shape index (κ3) is 4.80. The standard InChI is InChI=1S/C19H14Cl2N2O3S/c20-13-6-8-14(9-7-13)22-19(24)17-12-15(10-11-18(17)21)23-27(25,26)16-4-2-1-3-5-16/h1-12,23H,(H,22,24). The molecule has 0 atom stereocenters. The predicted octanol–water partition coefficient (Wildman–Crippen LogP) is 5.05. The van der Waals surface area contributed by atoms with Gasteiger partial charge in [0.2, 0.25) is 0 Å². The van der Waals surface area contributed by atoms with Gasteiger partial charge in [-0.05, 0) is 54.6 Å². The second kappa shape index (κ2) is 8.00. The molecule has 3 aromatic carbocycles. The average Bonchev–Trinajstić information content (AvgIpc) is 2.65. The number of benzene rings is 3. The number of rotatable bonds is 5. The van der Waals surface area contributed by atoms with Gasteiger partial charge in [0.25, 0.3) is 15.9 Å². The maximum atomic E-state index is 12.5. The summed E-state index contributed by atoms with van der Waals surface area (Å²) in [7, 11) is -3.77. The van der Waals surface area contributed by atoms with Gasteiger partial charge in [-0.1, -0.05) is 41.4 Å². The van der Waals surface area contributed by atoms with Crippen molar-refractivity contribution in [3.8, 4) is 0 Å². The molecule has 0 aromatic heterocycles. The number of amides is 1. The van der Waals surface area contributed by atoms with Gasteiger partial charge in [-0.25, -0.2) is 8.42 Å². The summed E-state index contributed by atoms with van der Waals surface area (Å²) in [6.45, 7) is 0. The zero-order chi connectivity index (χ0) is 19.4. The number of hydrogen-bond donors (Lipinski definition) is 2. The molecule has 5 nitrogen and oxygen atoms in total. The zero-order valence-electron chi connectivity index (χ0n) is 13.8. The topological polar surface area (TPSA) is 75.3 Å². The fourth-order valence-electron chi connectivity index (χ4n) is 2.31. The van der Waals surface area contributed by atoms with Crippen molar-refractivity contribution in [1.82, 2.24) is 0 Å². The van der Waals surface area contributed by atoms with Crippen LogP contribution in [0.25, 0.3) is 0 Å². The van der Waals surface area contributed by atoms with Gasteiger partial charge in [0, 0.05) is 16.4 Å². The maximum absolute atomic E-state index is 12.5. The Morgan fingerprint density at radius 1 is 0.815 bits per heavy atom. The van der Waals surface area contributed by atoms with Crippen LogP contribution in [-0.2, 0) is 10.0 Å². The van der Waals surface area contributed by atoms with Crippen LogP contribution in [0.1, 0.15) is 10.4 Å². The molecule has 0 bridgehead atoms. The number of hydrogen-bond acceptors (Lipinski definition) is 3. The second-order valence-corrected chi connectivity index (χ2v) is 8.10. The van der Waals surface area contributed by atoms with E-state index in [0.29, 0.717) is 10.7 Å². The van der Waals surface area contributed by atoms with Gasteiger partial charge in [0.15, 0.2) is 0 Å². The quantitative estimate of drug-likeness (QED) is 0.606. The molecule has 0 unspecified atom stereocenters. The van der Waals surface area contributed by atoms with E-state index >= 15 is 0 Å². The summed E-state index contributed by atoms with van der Waals surface area (Å²) in [4.78, 5) is 12.6. The summed E-state index contributed by atoms with van der Waals surface area (Å²) < 4.78 is 27.3. The highest BCUT2D eigenvalue weighted by atomic mass is 35.5. The summed E-state index contributed by atoms with van der Waals surface area (Å²) in [6.07, 6.45) is 0. The molecular formula is C19H14Cl2N2O3S. The fourth-order valence-corrected chi connectivity index (χ4v) is 3.71. The van der Waals surface area contributed by atoms with Crippen molar-refractivity contribution in [2.24, 2.45) is 0 Å². The Labute approximate surface area is 167 Å². The normalized spacial score (nSPS) is 11.0. The summed E-state index contributed by atoms with van der Waals surface area (Å²) in [5.41, 5.74) is 0.903. The Hall–Kier alpha value is -2.54. The molecule has 8 heteroatoms. The van der Waals surface area contributed by atoms with E-state index in [1.807, 2.05) is 0 Å². The van der Waals surface area contributed by atoms with E-state index in [2.05, 4.69) is 10.0 Å². The minimum Gasteiger partial charge on any atom is -0.322 e. The van der Waals surface area contributed by atoms with Crippen molar-refractivity contribution >= 4 is 50.5 Å². The molecule has 0 heterocycles. The first kappa shape index (κ1) is 19.2.